The Morgan fingerprint density at radius 3 is 2.56 bits per heavy atom. The summed E-state index contributed by atoms with van der Waals surface area (Å²) in [6, 6.07) is 4.37. The highest BCUT2D eigenvalue weighted by atomic mass is 32.2. The van der Waals surface area contributed by atoms with Crippen LogP contribution in [0.15, 0.2) is 16.3 Å². The molecule has 0 radical (unpaired) electrons. The van der Waals surface area contributed by atoms with Crippen molar-refractivity contribution in [1.82, 2.24) is 4.72 Å². The normalized spacial score (nSPS) is 12.3. The minimum absolute atomic E-state index is 0.0777. The summed E-state index contributed by atoms with van der Waals surface area (Å²) < 4.78 is 60.7. The summed E-state index contributed by atoms with van der Waals surface area (Å²) in [6.07, 6.45) is -5.65. The summed E-state index contributed by atoms with van der Waals surface area (Å²) in [5.41, 5.74) is 0. The zero-order valence-corrected chi connectivity index (χ0v) is 10.6. The monoisotopic (exact) mass is 298 g/mol. The number of hydrogen-bond acceptors (Lipinski definition) is 4. The fourth-order valence-corrected chi connectivity index (χ4v) is 3.31. The number of halogens is 3. The van der Waals surface area contributed by atoms with Gasteiger partial charge < -0.3 is 0 Å². The van der Waals surface area contributed by atoms with Gasteiger partial charge in [-0.1, -0.05) is 0 Å². The lowest BCUT2D eigenvalue weighted by Gasteiger charge is -2.06. The molecule has 0 bridgehead atoms. The minimum Gasteiger partial charge on any atom is -0.210 e. The second-order valence-corrected chi connectivity index (χ2v) is 6.42. The van der Waals surface area contributed by atoms with Crippen molar-refractivity contribution in [2.45, 2.75) is 23.2 Å². The largest absolute Gasteiger partial charge is 0.389 e. The molecule has 1 aromatic rings. The number of hydrogen-bond donors (Lipinski definition) is 1. The molecule has 0 amide bonds. The summed E-state index contributed by atoms with van der Waals surface area (Å²) in [4.78, 5) is 0.227. The molecule has 1 rings (SSSR count). The molecule has 0 aliphatic rings. The lowest BCUT2D eigenvalue weighted by molar-refractivity contribution is -0.135. The Morgan fingerprint density at radius 2 is 2.06 bits per heavy atom. The Kier molecular flexibility index (Phi) is 4.72. The maximum atomic E-state index is 11.8. The number of nitrogens with one attached hydrogen (secondary N) is 1. The molecule has 100 valence electrons. The van der Waals surface area contributed by atoms with E-state index < -0.39 is 22.6 Å². The van der Waals surface area contributed by atoms with Crippen LogP contribution in [-0.4, -0.2) is 21.1 Å². The van der Waals surface area contributed by atoms with Crippen molar-refractivity contribution in [3.8, 4) is 6.07 Å². The first-order valence-electron chi connectivity index (χ1n) is 4.81. The lowest BCUT2D eigenvalue weighted by atomic mass is 10.3. The third-order valence-corrected chi connectivity index (χ3v) is 4.83. The van der Waals surface area contributed by atoms with Gasteiger partial charge in [-0.2, -0.15) is 18.4 Å². The molecule has 9 heteroatoms. The first kappa shape index (κ1) is 14.9. The van der Waals surface area contributed by atoms with Gasteiger partial charge in [0.05, 0.1) is 0 Å². The maximum Gasteiger partial charge on any atom is 0.389 e. The Morgan fingerprint density at radius 1 is 1.39 bits per heavy atom. The van der Waals surface area contributed by atoms with E-state index in [1.807, 2.05) is 0 Å². The SMILES string of the molecule is N#Cc1ccc(S(=O)(=O)NCCCC(F)(F)F)s1. The van der Waals surface area contributed by atoms with Crippen LogP contribution >= 0.6 is 11.3 Å². The van der Waals surface area contributed by atoms with E-state index in [9.17, 15) is 21.6 Å². The maximum absolute atomic E-state index is 11.8. The molecule has 0 unspecified atom stereocenters. The van der Waals surface area contributed by atoms with Crippen LogP contribution in [-0.2, 0) is 10.0 Å². The molecule has 0 spiro atoms. The van der Waals surface area contributed by atoms with Gasteiger partial charge in [0.2, 0.25) is 10.0 Å². The topological polar surface area (TPSA) is 70.0 Å². The number of rotatable bonds is 5. The van der Waals surface area contributed by atoms with E-state index in [2.05, 4.69) is 4.72 Å². The number of thiophene rings is 1. The van der Waals surface area contributed by atoms with Crippen LogP contribution in [0.5, 0.6) is 0 Å². The second-order valence-electron chi connectivity index (χ2n) is 3.35. The molecule has 4 nitrogen and oxygen atoms in total. The summed E-state index contributed by atoms with van der Waals surface area (Å²) in [6.45, 7) is -0.290. The van der Waals surface area contributed by atoms with Gasteiger partial charge in [0, 0.05) is 13.0 Å². The predicted octanol–water partition coefficient (Wildman–Crippen LogP) is 2.24. The van der Waals surface area contributed by atoms with E-state index in [1.54, 1.807) is 6.07 Å². The summed E-state index contributed by atoms with van der Waals surface area (Å²) >= 11 is 0.770. The Hall–Kier alpha value is -1.11. The van der Waals surface area contributed by atoms with Gasteiger partial charge in [0.25, 0.3) is 0 Å². The average molecular weight is 298 g/mol. The number of nitrogens with zero attached hydrogens (tertiary/aromatic N) is 1. The quantitative estimate of drug-likeness (QED) is 0.848. The smallest absolute Gasteiger partial charge is 0.210 e. The second kappa shape index (κ2) is 5.69. The lowest BCUT2D eigenvalue weighted by Crippen LogP contribution is -2.25. The Labute approximate surface area is 106 Å². The molecule has 0 aromatic carbocycles. The summed E-state index contributed by atoms with van der Waals surface area (Å²) in [5.74, 6) is 0. The van der Waals surface area contributed by atoms with E-state index >= 15 is 0 Å². The molecule has 0 saturated carbocycles. The van der Waals surface area contributed by atoms with Crippen LogP contribution in [0.4, 0.5) is 13.2 Å². The highest BCUT2D eigenvalue weighted by Crippen LogP contribution is 2.22. The standard InChI is InChI=1S/C9H9F3N2O2S2/c10-9(11,12)4-1-5-14-18(15,16)8-3-2-7(6-13)17-8/h2-3,14H,1,4-5H2. The fourth-order valence-electron chi connectivity index (χ4n) is 1.09. The van der Waals surface area contributed by atoms with Crippen molar-refractivity contribution in [3.63, 3.8) is 0 Å². The fraction of sp³-hybridized carbons (Fsp3) is 0.444. The number of sulfonamides is 1. The minimum atomic E-state index is -4.29. The van der Waals surface area contributed by atoms with Crippen molar-refractivity contribution >= 4 is 21.4 Å². The van der Waals surface area contributed by atoms with Gasteiger partial charge in [0.15, 0.2) is 0 Å². The zero-order valence-electron chi connectivity index (χ0n) is 8.99. The molecule has 0 atom stereocenters. The zero-order chi connectivity index (χ0) is 13.8. The number of alkyl halides is 3. The molecule has 0 fully saturated rings. The summed E-state index contributed by atoms with van der Waals surface area (Å²) in [5, 5.41) is 8.54. The van der Waals surface area contributed by atoms with Gasteiger partial charge in [-0.15, -0.1) is 11.3 Å². The number of nitriles is 1. The molecule has 1 N–H and O–H groups in total. The molecule has 1 aromatic heterocycles. The Balaban J connectivity index is 2.53. The molecule has 18 heavy (non-hydrogen) atoms. The first-order valence-corrected chi connectivity index (χ1v) is 7.11. The van der Waals surface area contributed by atoms with Crippen molar-refractivity contribution in [2.24, 2.45) is 0 Å². The summed E-state index contributed by atoms with van der Waals surface area (Å²) in [7, 11) is -3.82. The highest BCUT2D eigenvalue weighted by molar-refractivity contribution is 7.91. The molecule has 0 aliphatic carbocycles. The van der Waals surface area contributed by atoms with E-state index in [4.69, 9.17) is 5.26 Å². The average Bonchev–Trinajstić information content (AvgIpc) is 2.72. The Bertz CT molecular complexity index is 543. The molecular weight excluding hydrogens is 289 g/mol. The van der Waals surface area contributed by atoms with Crippen molar-refractivity contribution in [3.05, 3.63) is 17.0 Å². The third kappa shape index (κ3) is 4.64. The third-order valence-electron chi connectivity index (χ3n) is 1.89. The van der Waals surface area contributed by atoms with Crippen LogP contribution in [0.1, 0.15) is 17.7 Å². The molecule has 0 saturated heterocycles. The van der Waals surface area contributed by atoms with Gasteiger partial charge in [-0.3, -0.25) is 0 Å². The van der Waals surface area contributed by atoms with E-state index in [0.29, 0.717) is 0 Å². The van der Waals surface area contributed by atoms with Gasteiger partial charge in [0.1, 0.15) is 15.2 Å². The van der Waals surface area contributed by atoms with E-state index in [1.165, 1.54) is 12.1 Å². The van der Waals surface area contributed by atoms with Crippen molar-refractivity contribution < 1.29 is 21.6 Å². The van der Waals surface area contributed by atoms with Gasteiger partial charge in [-0.05, 0) is 18.6 Å². The van der Waals surface area contributed by atoms with Crippen LogP contribution in [0.3, 0.4) is 0 Å². The molecule has 0 aliphatic heterocycles. The van der Waals surface area contributed by atoms with Crippen molar-refractivity contribution in [1.29, 1.82) is 5.26 Å². The van der Waals surface area contributed by atoms with Crippen LogP contribution in [0, 0.1) is 11.3 Å². The van der Waals surface area contributed by atoms with Crippen LogP contribution < -0.4 is 4.72 Å². The highest BCUT2D eigenvalue weighted by Gasteiger charge is 2.26. The van der Waals surface area contributed by atoms with E-state index in [0.717, 1.165) is 11.3 Å². The molecular formula is C9H9F3N2O2S2. The van der Waals surface area contributed by atoms with Crippen LogP contribution in [0.25, 0.3) is 0 Å². The van der Waals surface area contributed by atoms with E-state index in [-0.39, 0.29) is 22.1 Å². The van der Waals surface area contributed by atoms with Gasteiger partial charge >= 0.3 is 6.18 Å². The van der Waals surface area contributed by atoms with Gasteiger partial charge in [-0.25, -0.2) is 13.1 Å². The first-order chi connectivity index (χ1) is 8.24. The van der Waals surface area contributed by atoms with Crippen LogP contribution in [0.2, 0.25) is 0 Å². The van der Waals surface area contributed by atoms with Crippen molar-refractivity contribution in [2.75, 3.05) is 6.54 Å². The molecule has 1 heterocycles. The predicted molar refractivity (Wildman–Crippen MR) is 59.5 cm³/mol.